The molecule has 2 aromatic rings. The van der Waals surface area contributed by atoms with Crippen LogP contribution in [0.25, 0.3) is 0 Å². The summed E-state index contributed by atoms with van der Waals surface area (Å²) in [6.45, 7) is 0. The van der Waals surface area contributed by atoms with Crippen LogP contribution in [-0.2, 0) is 10.0 Å². The molecule has 0 aliphatic rings. The number of nitrogens with one attached hydrogen (secondary N) is 1. The molecule has 0 aromatic heterocycles. The number of sulfonamides is 1. The average Bonchev–Trinajstić information content (AvgIpc) is 2.36. The minimum absolute atomic E-state index is 0.0650. The third-order valence-corrected chi connectivity index (χ3v) is 4.45. The second-order valence-electron chi connectivity index (χ2n) is 4.30. The van der Waals surface area contributed by atoms with Crippen LogP contribution in [0.1, 0.15) is 10.4 Å². The summed E-state index contributed by atoms with van der Waals surface area (Å²) in [7, 11) is -4.03. The maximum Gasteiger partial charge on any atom is 0.255 e. The van der Waals surface area contributed by atoms with Gasteiger partial charge < -0.3 is 5.32 Å². The summed E-state index contributed by atoms with van der Waals surface area (Å²) in [6.07, 6.45) is 0. The molecule has 0 saturated heterocycles. The van der Waals surface area contributed by atoms with Gasteiger partial charge in [-0.1, -0.05) is 34.8 Å². The number of primary sulfonamides is 1. The van der Waals surface area contributed by atoms with Crippen LogP contribution in [-0.4, -0.2) is 14.3 Å². The minimum atomic E-state index is -4.03. The molecule has 0 fully saturated rings. The highest BCUT2D eigenvalue weighted by Crippen LogP contribution is 2.24. The number of hydrogen-bond donors (Lipinski definition) is 2. The summed E-state index contributed by atoms with van der Waals surface area (Å²) in [5, 5.41) is 8.23. The van der Waals surface area contributed by atoms with E-state index in [1.54, 1.807) is 0 Å². The van der Waals surface area contributed by atoms with E-state index in [9.17, 15) is 13.2 Å². The Hall–Kier alpha value is -1.31. The number of hydrogen-bond acceptors (Lipinski definition) is 3. The van der Waals surface area contributed by atoms with Crippen molar-refractivity contribution in [3.63, 3.8) is 0 Å². The van der Waals surface area contributed by atoms with E-state index in [0.717, 1.165) is 6.07 Å². The van der Waals surface area contributed by atoms with Gasteiger partial charge in [0.15, 0.2) is 0 Å². The molecular weight excluding hydrogens is 371 g/mol. The van der Waals surface area contributed by atoms with Crippen LogP contribution in [0.3, 0.4) is 0 Å². The van der Waals surface area contributed by atoms with Crippen molar-refractivity contribution in [2.75, 3.05) is 5.32 Å². The lowest BCUT2D eigenvalue weighted by Gasteiger charge is -2.08. The molecule has 0 radical (unpaired) electrons. The number of anilines is 1. The van der Waals surface area contributed by atoms with Gasteiger partial charge in [-0.3, -0.25) is 4.79 Å². The number of nitrogens with two attached hydrogens (primary N) is 1. The standard InChI is InChI=1S/C13H9Cl3N2O3S/c14-8-4-9(15)6-10(5-8)18-13(19)7-1-2-11(16)12(3-7)22(17,20)21/h1-6H,(H,18,19)(H2,17,20,21). The van der Waals surface area contributed by atoms with Crippen molar-refractivity contribution in [3.8, 4) is 0 Å². The molecule has 0 bridgehead atoms. The number of rotatable bonds is 3. The summed E-state index contributed by atoms with van der Waals surface area (Å²) in [4.78, 5) is 11.8. The molecule has 116 valence electrons. The first-order valence-electron chi connectivity index (χ1n) is 5.76. The number of benzene rings is 2. The van der Waals surface area contributed by atoms with Gasteiger partial charge in [-0.2, -0.15) is 0 Å². The fraction of sp³-hybridized carbons (Fsp3) is 0. The molecule has 2 aromatic carbocycles. The zero-order valence-corrected chi connectivity index (χ0v) is 13.9. The van der Waals surface area contributed by atoms with Crippen molar-refractivity contribution in [3.05, 3.63) is 57.0 Å². The van der Waals surface area contributed by atoms with Crippen LogP contribution < -0.4 is 10.5 Å². The predicted molar refractivity (Wildman–Crippen MR) is 87.2 cm³/mol. The van der Waals surface area contributed by atoms with Gasteiger partial charge in [-0.15, -0.1) is 0 Å². The SMILES string of the molecule is NS(=O)(=O)c1cc(C(=O)Nc2cc(Cl)cc(Cl)c2)ccc1Cl. The van der Waals surface area contributed by atoms with Gasteiger partial charge in [-0.05, 0) is 36.4 Å². The quantitative estimate of drug-likeness (QED) is 0.854. The van der Waals surface area contributed by atoms with E-state index in [2.05, 4.69) is 5.32 Å². The summed E-state index contributed by atoms with van der Waals surface area (Å²) in [5.74, 6) is -0.556. The largest absolute Gasteiger partial charge is 0.322 e. The molecule has 9 heteroatoms. The third kappa shape index (κ3) is 4.12. The Bertz CT molecular complexity index is 833. The maximum absolute atomic E-state index is 12.2. The predicted octanol–water partition coefficient (Wildman–Crippen LogP) is 3.55. The van der Waals surface area contributed by atoms with Crippen LogP contribution >= 0.6 is 34.8 Å². The summed E-state index contributed by atoms with van der Waals surface area (Å²) < 4.78 is 22.8. The second kappa shape index (κ2) is 6.44. The molecule has 5 nitrogen and oxygen atoms in total. The maximum atomic E-state index is 12.2. The van der Waals surface area contributed by atoms with Crippen LogP contribution in [0.5, 0.6) is 0 Å². The normalized spacial score (nSPS) is 11.3. The fourth-order valence-corrected chi connectivity index (χ4v) is 3.29. The second-order valence-corrected chi connectivity index (χ2v) is 7.11. The summed E-state index contributed by atoms with van der Waals surface area (Å²) >= 11 is 17.4. The molecule has 0 heterocycles. The molecule has 0 unspecified atom stereocenters. The monoisotopic (exact) mass is 378 g/mol. The average molecular weight is 380 g/mol. The van der Waals surface area contributed by atoms with Gasteiger partial charge in [0.1, 0.15) is 4.90 Å². The fourth-order valence-electron chi connectivity index (χ4n) is 1.69. The van der Waals surface area contributed by atoms with Crippen LogP contribution in [0.2, 0.25) is 15.1 Å². The Morgan fingerprint density at radius 1 is 1.00 bits per heavy atom. The van der Waals surface area contributed by atoms with E-state index < -0.39 is 15.9 Å². The van der Waals surface area contributed by atoms with Crippen LogP contribution in [0, 0.1) is 0 Å². The lowest BCUT2D eigenvalue weighted by molar-refractivity contribution is 0.102. The van der Waals surface area contributed by atoms with Gasteiger partial charge in [-0.25, -0.2) is 13.6 Å². The smallest absolute Gasteiger partial charge is 0.255 e. The molecule has 0 spiro atoms. The zero-order valence-electron chi connectivity index (χ0n) is 10.8. The van der Waals surface area contributed by atoms with Crippen molar-refractivity contribution < 1.29 is 13.2 Å². The molecule has 0 aliphatic carbocycles. The van der Waals surface area contributed by atoms with Crippen molar-refractivity contribution in [1.29, 1.82) is 0 Å². The van der Waals surface area contributed by atoms with Gasteiger partial charge in [0.2, 0.25) is 10.0 Å². The van der Waals surface area contributed by atoms with Crippen LogP contribution in [0.4, 0.5) is 5.69 Å². The molecular formula is C13H9Cl3N2O3S. The Morgan fingerprint density at radius 2 is 1.59 bits per heavy atom. The Morgan fingerprint density at radius 3 is 2.14 bits per heavy atom. The van der Waals surface area contributed by atoms with E-state index in [0.29, 0.717) is 15.7 Å². The van der Waals surface area contributed by atoms with E-state index in [-0.39, 0.29) is 15.5 Å². The Labute approximate surface area is 142 Å². The zero-order chi connectivity index (χ0) is 16.5. The van der Waals surface area contributed by atoms with E-state index in [4.69, 9.17) is 39.9 Å². The first kappa shape index (κ1) is 17.1. The van der Waals surface area contributed by atoms with E-state index in [1.807, 2.05) is 0 Å². The van der Waals surface area contributed by atoms with Crippen LogP contribution in [0.15, 0.2) is 41.3 Å². The summed E-state index contributed by atoms with van der Waals surface area (Å²) in [6, 6.07) is 8.27. The number of carbonyl (C=O) groups excluding carboxylic acids is 1. The lowest BCUT2D eigenvalue weighted by Crippen LogP contribution is -2.16. The summed E-state index contributed by atoms with van der Waals surface area (Å²) in [5.41, 5.74) is 0.444. The van der Waals surface area contributed by atoms with E-state index in [1.165, 1.54) is 30.3 Å². The third-order valence-electron chi connectivity index (χ3n) is 2.62. The van der Waals surface area contributed by atoms with Gasteiger partial charge in [0, 0.05) is 21.3 Å². The van der Waals surface area contributed by atoms with Crippen molar-refractivity contribution >= 4 is 56.4 Å². The highest BCUT2D eigenvalue weighted by Gasteiger charge is 2.16. The van der Waals surface area contributed by atoms with Gasteiger partial charge in [0.25, 0.3) is 5.91 Å². The molecule has 0 aliphatic heterocycles. The molecule has 3 N–H and O–H groups in total. The highest BCUT2D eigenvalue weighted by atomic mass is 35.5. The highest BCUT2D eigenvalue weighted by molar-refractivity contribution is 7.89. The Kier molecular flexibility index (Phi) is 4.99. The molecule has 2 rings (SSSR count). The number of carbonyl (C=O) groups is 1. The molecule has 22 heavy (non-hydrogen) atoms. The van der Waals surface area contributed by atoms with E-state index >= 15 is 0 Å². The van der Waals surface area contributed by atoms with Gasteiger partial charge in [0.05, 0.1) is 5.02 Å². The minimum Gasteiger partial charge on any atom is -0.322 e. The first-order chi connectivity index (χ1) is 10.2. The first-order valence-corrected chi connectivity index (χ1v) is 8.44. The topological polar surface area (TPSA) is 89.3 Å². The molecule has 0 saturated carbocycles. The van der Waals surface area contributed by atoms with Crippen molar-refractivity contribution in [2.24, 2.45) is 5.14 Å². The molecule has 0 atom stereocenters. The van der Waals surface area contributed by atoms with Crippen molar-refractivity contribution in [1.82, 2.24) is 0 Å². The Balaban J connectivity index is 2.34. The number of amides is 1. The number of halogens is 3. The molecule has 1 amide bonds. The lowest BCUT2D eigenvalue weighted by atomic mass is 10.2. The van der Waals surface area contributed by atoms with Gasteiger partial charge >= 0.3 is 0 Å². The van der Waals surface area contributed by atoms with Crippen molar-refractivity contribution in [2.45, 2.75) is 4.90 Å².